The molecule has 6 N–H and O–H groups in total. The van der Waals surface area contributed by atoms with Gasteiger partial charge in [0.05, 0.1) is 22.8 Å². The van der Waals surface area contributed by atoms with Crippen LogP contribution in [0.2, 0.25) is 0 Å². The minimum atomic E-state index is -1.17. The Hall–Kier alpha value is -8.72. The molecule has 9 rings (SSSR count). The van der Waals surface area contributed by atoms with Crippen molar-refractivity contribution in [3.63, 3.8) is 0 Å². The topological polar surface area (TPSA) is 209 Å². The van der Waals surface area contributed by atoms with Gasteiger partial charge in [0, 0.05) is 55.7 Å². The van der Waals surface area contributed by atoms with E-state index >= 15 is 0 Å². The van der Waals surface area contributed by atoms with Gasteiger partial charge in [-0.2, -0.15) is 0 Å². The highest BCUT2D eigenvalue weighted by molar-refractivity contribution is 6.01. The van der Waals surface area contributed by atoms with Crippen molar-refractivity contribution in [1.29, 1.82) is 0 Å². The maximum Gasteiger partial charge on any atom is 0.329 e. The van der Waals surface area contributed by atoms with E-state index in [4.69, 9.17) is 29.7 Å². The number of carboxylic acids is 2. The molecule has 0 saturated heterocycles. The molecule has 0 atom stereocenters. The molecule has 66 heavy (non-hydrogen) atoms. The molecular weight excluding hydrogens is 837 g/mol. The molecule has 2 aliphatic rings. The van der Waals surface area contributed by atoms with E-state index in [0.29, 0.717) is 22.8 Å². The molecule has 5 heterocycles. The fourth-order valence-corrected chi connectivity index (χ4v) is 7.93. The number of anilines is 2. The number of fused-ring (bicyclic) bond motifs is 8. The van der Waals surface area contributed by atoms with E-state index in [0.717, 1.165) is 78.0 Å². The summed E-state index contributed by atoms with van der Waals surface area (Å²) in [5, 5.41) is 23.3. The molecule has 0 aliphatic carbocycles. The molecule has 14 nitrogen and oxygen atoms in total. The lowest BCUT2D eigenvalue weighted by atomic mass is 10.0. The first-order valence-corrected chi connectivity index (χ1v) is 20.8. The number of aromatic amines is 2. The van der Waals surface area contributed by atoms with Crippen LogP contribution in [0, 0.1) is 0 Å². The molecular formula is C52H40N6O8. The number of carbonyl (C=O) groups excluding carboxylic acids is 2. The Labute approximate surface area is 377 Å². The average molecular weight is 877 g/mol. The Morgan fingerprint density at radius 2 is 0.712 bits per heavy atom. The lowest BCUT2D eigenvalue weighted by Crippen LogP contribution is -2.20. The van der Waals surface area contributed by atoms with Gasteiger partial charge in [0.25, 0.3) is 0 Å². The summed E-state index contributed by atoms with van der Waals surface area (Å²) >= 11 is 0. The number of aliphatic carboxylic acids is 2. The van der Waals surface area contributed by atoms with Crippen LogP contribution >= 0.6 is 0 Å². The Balaban J connectivity index is 1.26. The van der Waals surface area contributed by atoms with Crippen molar-refractivity contribution in [2.45, 2.75) is 0 Å². The number of nitrogens with one attached hydrogen (secondary N) is 4. The van der Waals surface area contributed by atoms with E-state index in [9.17, 15) is 19.2 Å². The van der Waals surface area contributed by atoms with Crippen molar-refractivity contribution in [1.82, 2.24) is 19.9 Å². The first-order chi connectivity index (χ1) is 32.2. The molecule has 3 aromatic heterocycles. The summed E-state index contributed by atoms with van der Waals surface area (Å²) in [5.74, 6) is -3.32. The minimum Gasteiger partial charge on any atom is -0.480 e. The number of carbonyl (C=O) groups is 4. The van der Waals surface area contributed by atoms with E-state index < -0.39 is 50.2 Å². The molecule has 0 radical (unpaired) electrons. The molecule has 0 spiro atoms. The second kappa shape index (κ2) is 18.9. The average Bonchev–Trinajstić information content (AvgIpc) is 4.16. The third kappa shape index (κ3) is 9.45. The largest absolute Gasteiger partial charge is 0.480 e. The molecule has 14 heteroatoms. The SMILES string of the molecule is O=C(O)COCC(=O)Nc1ccc(-c2c3nc(c(-c4ccc(NC(=O)COCC(=O)O)cc4)c4ccc([nH]4)c(-c4ccccc4)c4nc(c(-c5ccccc5)c5ccc2[nH]5)C=C4)C=C3)cc1. The molecule has 0 unspecified atom stereocenters. The van der Waals surface area contributed by atoms with E-state index in [-0.39, 0.29) is 0 Å². The second-order valence-corrected chi connectivity index (χ2v) is 15.3. The van der Waals surface area contributed by atoms with Crippen LogP contribution < -0.4 is 10.6 Å². The van der Waals surface area contributed by atoms with Crippen LogP contribution in [0.1, 0.15) is 22.8 Å². The van der Waals surface area contributed by atoms with Crippen molar-refractivity contribution in [2.75, 3.05) is 37.1 Å². The number of aromatic nitrogens is 4. The van der Waals surface area contributed by atoms with E-state index in [1.165, 1.54) is 0 Å². The number of H-pyrrole nitrogens is 2. The number of amides is 2. The van der Waals surface area contributed by atoms with Crippen molar-refractivity contribution in [3.8, 4) is 44.5 Å². The Morgan fingerprint density at radius 3 is 1.02 bits per heavy atom. The van der Waals surface area contributed by atoms with E-state index in [2.05, 4.69) is 44.9 Å². The van der Waals surface area contributed by atoms with Crippen LogP contribution in [0.3, 0.4) is 0 Å². The highest BCUT2D eigenvalue weighted by Crippen LogP contribution is 2.38. The molecule has 4 aromatic carbocycles. The summed E-state index contributed by atoms with van der Waals surface area (Å²) in [5.41, 5.74) is 14.0. The summed E-state index contributed by atoms with van der Waals surface area (Å²) in [6, 6.07) is 42.9. The monoisotopic (exact) mass is 876 g/mol. The first kappa shape index (κ1) is 42.6. The lowest BCUT2D eigenvalue weighted by Gasteiger charge is -2.09. The van der Waals surface area contributed by atoms with Crippen molar-refractivity contribution >= 4 is 81.5 Å². The zero-order valence-electron chi connectivity index (χ0n) is 35.1. The number of nitrogens with zero attached hydrogens (tertiary/aromatic N) is 2. The summed E-state index contributed by atoms with van der Waals surface area (Å²) in [7, 11) is 0. The minimum absolute atomic E-state index is 0.412. The van der Waals surface area contributed by atoms with Gasteiger partial charge in [0.2, 0.25) is 11.8 Å². The van der Waals surface area contributed by atoms with Gasteiger partial charge < -0.3 is 40.3 Å². The molecule has 7 aromatic rings. The lowest BCUT2D eigenvalue weighted by molar-refractivity contribution is -0.144. The van der Waals surface area contributed by atoms with E-state index in [1.54, 1.807) is 24.3 Å². The van der Waals surface area contributed by atoms with Crippen molar-refractivity contribution in [2.24, 2.45) is 0 Å². The fraction of sp³-hybridized carbons (Fsp3) is 0.0769. The maximum absolute atomic E-state index is 12.6. The molecule has 2 aliphatic heterocycles. The smallest absolute Gasteiger partial charge is 0.329 e. The normalized spacial score (nSPS) is 11.6. The highest BCUT2D eigenvalue weighted by atomic mass is 16.5. The molecule has 0 saturated carbocycles. The first-order valence-electron chi connectivity index (χ1n) is 20.8. The van der Waals surface area contributed by atoms with Gasteiger partial charge in [-0.05, 0) is 95.1 Å². The third-order valence-corrected chi connectivity index (χ3v) is 10.7. The standard InChI is InChI=1S/C52H40N6O8/c59-45(27-65-29-47(61)62)53-35-15-11-33(12-16-35)51-41-23-21-39(56-41)49(31-7-3-1-4-8-31)37-19-20-38(55-37)50(32-9-5-2-6-10-32)40-22-24-42(57-40)52(44-26-25-43(51)58-44)34-13-17-36(18-14-34)54-46(60)28-66-30-48(63)64/h1-26,56-57H,27-30H2,(H,53,59)(H,54,60)(H,61,62)(H,63,64). The van der Waals surface area contributed by atoms with Crippen LogP contribution in [0.25, 0.3) is 90.9 Å². The Bertz CT molecular complexity index is 3020. The van der Waals surface area contributed by atoms with Crippen LogP contribution in [0.15, 0.2) is 133 Å². The van der Waals surface area contributed by atoms with Gasteiger partial charge in [-0.1, -0.05) is 84.9 Å². The van der Waals surface area contributed by atoms with Gasteiger partial charge in [0.15, 0.2) is 0 Å². The van der Waals surface area contributed by atoms with Gasteiger partial charge in [-0.3, -0.25) is 9.59 Å². The van der Waals surface area contributed by atoms with Crippen LogP contribution in [0.4, 0.5) is 11.4 Å². The zero-order valence-corrected chi connectivity index (χ0v) is 35.1. The Kier molecular flexibility index (Phi) is 12.2. The number of benzene rings is 4. The van der Waals surface area contributed by atoms with Gasteiger partial charge in [-0.15, -0.1) is 0 Å². The predicted molar refractivity (Wildman–Crippen MR) is 255 cm³/mol. The summed E-state index contributed by atoms with van der Waals surface area (Å²) in [6.07, 6.45) is 7.99. The van der Waals surface area contributed by atoms with Crippen LogP contribution in [-0.2, 0) is 28.7 Å². The Morgan fingerprint density at radius 1 is 0.409 bits per heavy atom. The summed E-state index contributed by atoms with van der Waals surface area (Å²) < 4.78 is 9.93. The second-order valence-electron chi connectivity index (χ2n) is 15.3. The number of rotatable bonds is 14. The van der Waals surface area contributed by atoms with Crippen LogP contribution in [0.5, 0.6) is 0 Å². The highest BCUT2D eigenvalue weighted by Gasteiger charge is 2.19. The predicted octanol–water partition coefficient (Wildman–Crippen LogP) is 9.40. The molecule has 326 valence electrons. The van der Waals surface area contributed by atoms with E-state index in [1.807, 2.05) is 109 Å². The third-order valence-electron chi connectivity index (χ3n) is 10.7. The molecule has 2 amide bonds. The summed E-state index contributed by atoms with van der Waals surface area (Å²) in [6.45, 7) is -1.99. The number of carboxylic acid groups (broad SMARTS) is 2. The van der Waals surface area contributed by atoms with Crippen molar-refractivity contribution < 1.29 is 38.9 Å². The number of ether oxygens (including phenoxy) is 2. The van der Waals surface area contributed by atoms with Crippen LogP contribution in [-0.4, -0.2) is 80.3 Å². The van der Waals surface area contributed by atoms with Gasteiger partial charge >= 0.3 is 11.9 Å². The van der Waals surface area contributed by atoms with Gasteiger partial charge in [0.1, 0.15) is 26.4 Å². The quantitative estimate of drug-likeness (QED) is 0.0610. The molecule has 0 fully saturated rings. The van der Waals surface area contributed by atoms with Crippen molar-refractivity contribution in [3.05, 3.63) is 156 Å². The fourth-order valence-electron chi connectivity index (χ4n) is 7.93. The number of hydrogen-bond donors (Lipinski definition) is 6. The summed E-state index contributed by atoms with van der Waals surface area (Å²) in [4.78, 5) is 64.9. The van der Waals surface area contributed by atoms with Gasteiger partial charge in [-0.25, -0.2) is 19.6 Å². The maximum atomic E-state index is 12.6. The zero-order chi connectivity index (χ0) is 45.6. The number of hydrogen-bond acceptors (Lipinski definition) is 8. The molecule has 8 bridgehead atoms.